The minimum absolute atomic E-state index is 0.147. The summed E-state index contributed by atoms with van der Waals surface area (Å²) in [4.78, 5) is 25.6. The van der Waals surface area contributed by atoms with E-state index in [9.17, 15) is 18.0 Å². The van der Waals surface area contributed by atoms with Gasteiger partial charge in [0.25, 0.3) is 21.9 Å². The Morgan fingerprint density at radius 1 is 1.06 bits per heavy atom. The highest BCUT2D eigenvalue weighted by Crippen LogP contribution is 2.22. The lowest BCUT2D eigenvalue weighted by atomic mass is 10.1. The van der Waals surface area contributed by atoms with E-state index in [2.05, 4.69) is 15.8 Å². The second-order valence-electron chi connectivity index (χ2n) is 7.79. The molecule has 0 heterocycles. The van der Waals surface area contributed by atoms with E-state index in [1.54, 1.807) is 24.3 Å². The number of nitrogens with zero attached hydrogens (tertiary/aromatic N) is 1. The molecule has 8 nitrogen and oxygen atoms in total. The van der Waals surface area contributed by atoms with Crippen molar-refractivity contribution in [2.24, 2.45) is 5.10 Å². The number of benzene rings is 3. The van der Waals surface area contributed by atoms with Crippen molar-refractivity contribution in [3.8, 4) is 0 Å². The molecule has 3 aromatic carbocycles. The highest BCUT2D eigenvalue weighted by Gasteiger charge is 2.15. The Kier molecular flexibility index (Phi) is 9.65. The summed E-state index contributed by atoms with van der Waals surface area (Å²) in [6.45, 7) is 1.97. The average molecular weight is 546 g/mol. The molecule has 3 rings (SSSR count). The number of hydrogen-bond donors (Lipinski definition) is 3. The van der Waals surface area contributed by atoms with Crippen molar-refractivity contribution in [2.75, 3.05) is 16.8 Å². The van der Waals surface area contributed by atoms with E-state index in [4.69, 9.17) is 16.2 Å². The number of carbonyl (C=O) groups is 2. The van der Waals surface area contributed by atoms with Gasteiger partial charge in [0, 0.05) is 22.1 Å². The zero-order chi connectivity index (χ0) is 26.1. The molecule has 0 aliphatic heterocycles. The van der Waals surface area contributed by atoms with Crippen LogP contribution in [-0.2, 0) is 15.9 Å². The molecule has 36 heavy (non-hydrogen) atoms. The van der Waals surface area contributed by atoms with Gasteiger partial charge < -0.3 is 5.32 Å². The molecule has 0 spiro atoms. The predicted octanol–water partition coefficient (Wildman–Crippen LogP) is 4.79. The van der Waals surface area contributed by atoms with E-state index in [-0.39, 0.29) is 22.8 Å². The second kappa shape index (κ2) is 12.7. The van der Waals surface area contributed by atoms with Gasteiger partial charge in [-0.15, -0.1) is 0 Å². The lowest BCUT2D eigenvalue weighted by Gasteiger charge is -2.11. The van der Waals surface area contributed by atoms with Crippen LogP contribution in [-0.4, -0.2) is 42.5 Å². The zero-order valence-electron chi connectivity index (χ0n) is 19.3. The summed E-state index contributed by atoms with van der Waals surface area (Å²) < 4.78 is 30.5. The quantitative estimate of drug-likeness (QED) is 0.146. The molecular formula is C25H24ClN3O5S2. The summed E-state index contributed by atoms with van der Waals surface area (Å²) in [5.41, 5.74) is 5.95. The SMILES string of the molecule is Cc1ccc(C=NNC(=O)c2cc(Cl)ccc2NC(=O)c2cccc(CSCCS(=O)(=O)O)c2)cc1. The lowest BCUT2D eigenvalue weighted by Crippen LogP contribution is -2.21. The van der Waals surface area contributed by atoms with E-state index in [1.807, 2.05) is 37.3 Å². The molecule has 188 valence electrons. The van der Waals surface area contributed by atoms with Crippen molar-refractivity contribution in [1.29, 1.82) is 0 Å². The number of carbonyl (C=O) groups excluding carboxylic acids is 2. The van der Waals surface area contributed by atoms with Gasteiger partial charge in [0.15, 0.2) is 0 Å². The Labute approximate surface area is 218 Å². The topological polar surface area (TPSA) is 125 Å². The van der Waals surface area contributed by atoms with Crippen molar-refractivity contribution in [3.05, 3.63) is 99.6 Å². The van der Waals surface area contributed by atoms with Crippen molar-refractivity contribution in [2.45, 2.75) is 12.7 Å². The molecule has 11 heteroatoms. The maximum Gasteiger partial charge on any atom is 0.273 e. The van der Waals surface area contributed by atoms with Crippen molar-refractivity contribution >= 4 is 57.2 Å². The molecule has 3 aromatic rings. The van der Waals surface area contributed by atoms with Gasteiger partial charge >= 0.3 is 0 Å². The second-order valence-corrected chi connectivity index (χ2v) is 10.9. The van der Waals surface area contributed by atoms with Crippen molar-refractivity contribution < 1.29 is 22.6 Å². The first-order valence-electron chi connectivity index (χ1n) is 10.7. The molecule has 0 saturated carbocycles. The van der Waals surface area contributed by atoms with Crippen LogP contribution in [0.5, 0.6) is 0 Å². The maximum atomic E-state index is 12.9. The first kappa shape index (κ1) is 27.4. The fraction of sp³-hybridized carbons (Fsp3) is 0.160. The zero-order valence-corrected chi connectivity index (χ0v) is 21.7. The van der Waals surface area contributed by atoms with Crippen LogP contribution in [0, 0.1) is 6.92 Å². The molecule has 2 amide bonds. The van der Waals surface area contributed by atoms with Crippen LogP contribution in [0.1, 0.15) is 37.4 Å². The van der Waals surface area contributed by atoms with E-state index >= 15 is 0 Å². The predicted molar refractivity (Wildman–Crippen MR) is 145 cm³/mol. The van der Waals surface area contributed by atoms with Gasteiger partial charge in [0.1, 0.15) is 0 Å². The molecule has 3 N–H and O–H groups in total. The van der Waals surface area contributed by atoms with Crippen LogP contribution in [0.3, 0.4) is 0 Å². The third-order valence-corrected chi connectivity index (χ3v) is 7.12. The summed E-state index contributed by atoms with van der Waals surface area (Å²) >= 11 is 7.40. The summed E-state index contributed by atoms with van der Waals surface area (Å²) in [6, 6.07) is 19.0. The van der Waals surface area contributed by atoms with E-state index in [0.717, 1.165) is 16.7 Å². The summed E-state index contributed by atoms with van der Waals surface area (Å²) in [5.74, 6) is -0.622. The van der Waals surface area contributed by atoms with E-state index < -0.39 is 21.9 Å². The molecular weight excluding hydrogens is 522 g/mol. The Balaban J connectivity index is 1.67. The third kappa shape index (κ3) is 8.80. The monoisotopic (exact) mass is 545 g/mol. The third-order valence-electron chi connectivity index (χ3n) is 4.88. The van der Waals surface area contributed by atoms with E-state index in [0.29, 0.717) is 16.3 Å². The number of halogens is 1. The molecule has 0 aromatic heterocycles. The molecule has 0 bridgehead atoms. The van der Waals surface area contributed by atoms with Crippen LogP contribution in [0.25, 0.3) is 0 Å². The van der Waals surface area contributed by atoms with Crippen LogP contribution < -0.4 is 10.7 Å². The van der Waals surface area contributed by atoms with Crippen molar-refractivity contribution in [1.82, 2.24) is 5.43 Å². The number of hydrogen-bond acceptors (Lipinski definition) is 6. The Morgan fingerprint density at radius 3 is 2.53 bits per heavy atom. The number of amides is 2. The summed E-state index contributed by atoms with van der Waals surface area (Å²) in [6.07, 6.45) is 1.51. The van der Waals surface area contributed by atoms with Crippen LogP contribution in [0.4, 0.5) is 5.69 Å². The maximum absolute atomic E-state index is 12.9. The summed E-state index contributed by atoms with van der Waals surface area (Å²) in [7, 11) is -4.01. The first-order valence-corrected chi connectivity index (χ1v) is 13.9. The van der Waals surface area contributed by atoms with E-state index in [1.165, 1.54) is 30.1 Å². The van der Waals surface area contributed by atoms with Gasteiger partial charge in [-0.25, -0.2) is 5.43 Å². The molecule has 0 saturated heterocycles. The van der Waals surface area contributed by atoms with Crippen LogP contribution >= 0.6 is 23.4 Å². The van der Waals surface area contributed by atoms with Crippen molar-refractivity contribution in [3.63, 3.8) is 0 Å². The number of aryl methyl sites for hydroxylation is 1. The summed E-state index contributed by atoms with van der Waals surface area (Å²) in [5, 5.41) is 7.04. The molecule has 0 aliphatic rings. The average Bonchev–Trinajstić information content (AvgIpc) is 2.83. The van der Waals surface area contributed by atoms with Crippen LogP contribution in [0.15, 0.2) is 71.8 Å². The highest BCUT2D eigenvalue weighted by atomic mass is 35.5. The first-order chi connectivity index (χ1) is 17.1. The molecule has 0 aliphatic carbocycles. The van der Waals surface area contributed by atoms with Gasteiger partial charge in [-0.05, 0) is 48.4 Å². The molecule has 0 unspecified atom stereocenters. The Hall–Kier alpha value is -3.18. The smallest absolute Gasteiger partial charge is 0.273 e. The normalized spacial score (nSPS) is 11.4. The molecule has 0 atom stereocenters. The standard InChI is InChI=1S/C25H24ClN3O5S2/c1-17-5-7-18(8-6-17)15-27-29-25(31)22-14-21(26)9-10-23(22)28-24(30)20-4-2-3-19(13-20)16-35-11-12-36(32,33)34/h2-10,13-15H,11-12,16H2,1H3,(H,28,30)(H,29,31)(H,32,33,34). The fourth-order valence-electron chi connectivity index (χ4n) is 3.04. The number of hydrazone groups is 1. The number of thioether (sulfide) groups is 1. The number of rotatable bonds is 10. The fourth-order valence-corrected chi connectivity index (χ4v) is 5.09. The van der Waals surface area contributed by atoms with Gasteiger partial charge in [-0.1, -0.05) is 53.6 Å². The van der Waals surface area contributed by atoms with Crippen LogP contribution in [0.2, 0.25) is 5.02 Å². The minimum Gasteiger partial charge on any atom is -0.321 e. The number of anilines is 1. The largest absolute Gasteiger partial charge is 0.321 e. The van der Waals surface area contributed by atoms with Gasteiger partial charge in [-0.3, -0.25) is 14.1 Å². The number of nitrogens with one attached hydrogen (secondary N) is 2. The Bertz CT molecular complexity index is 1380. The molecule has 0 fully saturated rings. The minimum atomic E-state index is -4.01. The van der Waals surface area contributed by atoms with Gasteiger partial charge in [0.2, 0.25) is 0 Å². The highest BCUT2D eigenvalue weighted by molar-refractivity contribution is 7.99. The van der Waals surface area contributed by atoms with Gasteiger partial charge in [0.05, 0.1) is 23.2 Å². The Morgan fingerprint density at radius 2 is 1.81 bits per heavy atom. The van der Waals surface area contributed by atoms with Gasteiger partial charge in [-0.2, -0.15) is 25.3 Å². The lowest BCUT2D eigenvalue weighted by molar-refractivity contribution is 0.0956. The molecule has 0 radical (unpaired) electrons.